The molecule has 6 nitrogen and oxygen atoms in total. The van der Waals surface area contributed by atoms with E-state index < -0.39 is 0 Å². The fourth-order valence-corrected chi connectivity index (χ4v) is 6.41. The van der Waals surface area contributed by atoms with Crippen LogP contribution in [0.2, 0.25) is 5.02 Å². The van der Waals surface area contributed by atoms with Crippen LogP contribution in [0.1, 0.15) is 54.1 Å². The van der Waals surface area contributed by atoms with Gasteiger partial charge in [0.25, 0.3) is 5.91 Å². The molecule has 0 spiro atoms. The second-order valence-electron chi connectivity index (χ2n) is 10.6. The van der Waals surface area contributed by atoms with Crippen molar-refractivity contribution in [2.75, 3.05) is 39.8 Å². The minimum Gasteiger partial charge on any atom is -0.496 e. The molecule has 2 aromatic rings. The maximum Gasteiger partial charge on any atom is 0.257 e. The van der Waals surface area contributed by atoms with Crippen molar-refractivity contribution in [1.82, 2.24) is 15.1 Å². The average molecular weight is 510 g/mol. The van der Waals surface area contributed by atoms with Crippen molar-refractivity contribution in [2.24, 2.45) is 17.8 Å². The molecule has 1 N–H and O–H groups in total. The van der Waals surface area contributed by atoms with Gasteiger partial charge in [0, 0.05) is 43.7 Å². The highest BCUT2D eigenvalue weighted by Gasteiger charge is 2.42. The van der Waals surface area contributed by atoms with Crippen molar-refractivity contribution in [1.29, 1.82) is 0 Å². The summed E-state index contributed by atoms with van der Waals surface area (Å²) in [6.45, 7) is 4.46. The van der Waals surface area contributed by atoms with Crippen LogP contribution < -0.4 is 10.1 Å². The Hall–Kier alpha value is -2.57. The van der Waals surface area contributed by atoms with Gasteiger partial charge in [0.2, 0.25) is 5.91 Å². The van der Waals surface area contributed by atoms with Gasteiger partial charge in [-0.05, 0) is 54.9 Å². The number of carbonyl (C=O) groups is 2. The molecule has 2 unspecified atom stereocenters. The molecule has 2 heterocycles. The van der Waals surface area contributed by atoms with Crippen molar-refractivity contribution in [2.45, 2.75) is 38.1 Å². The van der Waals surface area contributed by atoms with Gasteiger partial charge < -0.3 is 19.9 Å². The number of fused-ring (bicyclic) bond motifs is 1. The molecule has 7 heteroatoms. The first-order valence-corrected chi connectivity index (χ1v) is 13.6. The molecule has 1 saturated carbocycles. The molecule has 2 saturated heterocycles. The maximum absolute atomic E-state index is 13.2. The van der Waals surface area contributed by atoms with Gasteiger partial charge in [-0.1, -0.05) is 54.8 Å². The number of nitrogens with zero attached hydrogens (tertiary/aromatic N) is 2. The number of rotatable bonds is 8. The summed E-state index contributed by atoms with van der Waals surface area (Å²) in [7, 11) is 1.57. The average Bonchev–Trinajstić information content (AvgIpc) is 3.64. The van der Waals surface area contributed by atoms with Gasteiger partial charge in [-0.3, -0.25) is 9.59 Å². The van der Waals surface area contributed by atoms with Crippen molar-refractivity contribution in [3.05, 3.63) is 64.7 Å². The summed E-state index contributed by atoms with van der Waals surface area (Å²) in [4.78, 5) is 30.5. The van der Waals surface area contributed by atoms with Gasteiger partial charge >= 0.3 is 0 Å². The summed E-state index contributed by atoms with van der Waals surface area (Å²) >= 11 is 6.07. The summed E-state index contributed by atoms with van der Waals surface area (Å²) in [5.74, 6) is 1.89. The Labute approximate surface area is 218 Å². The molecular weight excluding hydrogens is 474 g/mol. The highest BCUT2D eigenvalue weighted by Crippen LogP contribution is 2.34. The predicted molar refractivity (Wildman–Crippen MR) is 141 cm³/mol. The summed E-state index contributed by atoms with van der Waals surface area (Å²) in [6, 6.07) is 15.6. The van der Waals surface area contributed by atoms with Crippen LogP contribution in [0.25, 0.3) is 0 Å². The van der Waals surface area contributed by atoms with Crippen LogP contribution in [0.3, 0.4) is 0 Å². The molecule has 1 aliphatic carbocycles. The summed E-state index contributed by atoms with van der Waals surface area (Å²) in [5.41, 5.74) is 1.75. The van der Waals surface area contributed by atoms with Gasteiger partial charge in [-0.25, -0.2) is 0 Å². The lowest BCUT2D eigenvalue weighted by molar-refractivity contribution is -0.125. The highest BCUT2D eigenvalue weighted by atomic mass is 35.5. The smallest absolute Gasteiger partial charge is 0.257 e. The minimum atomic E-state index is 0.0169. The van der Waals surface area contributed by atoms with Crippen molar-refractivity contribution in [3.8, 4) is 5.75 Å². The van der Waals surface area contributed by atoms with Crippen molar-refractivity contribution >= 4 is 23.4 Å². The zero-order valence-electron chi connectivity index (χ0n) is 21.0. The first-order valence-electron chi connectivity index (χ1n) is 13.2. The molecule has 0 aromatic heterocycles. The molecule has 5 rings (SSSR count). The lowest BCUT2D eigenvalue weighted by Gasteiger charge is -2.26. The minimum absolute atomic E-state index is 0.0169. The number of hydrogen-bond acceptors (Lipinski definition) is 4. The third-order valence-corrected chi connectivity index (χ3v) is 8.46. The highest BCUT2D eigenvalue weighted by molar-refractivity contribution is 6.30. The molecule has 36 heavy (non-hydrogen) atoms. The first-order chi connectivity index (χ1) is 17.5. The SMILES string of the molecule is COc1cc(Cl)ccc1C(=O)N1CC2CN(CC[C@H](NC(=O)C3CCCC3)c3ccccc3)CC2C1. The standard InChI is InChI=1S/C29H36ClN3O3/c1-36-27-15-24(30)11-12-25(27)29(35)33-18-22-16-32(17-23(22)19-33)14-13-26(20-7-3-2-4-8-20)31-28(34)21-9-5-6-10-21/h2-4,7-8,11-12,15,21-23,26H,5-6,9-10,13-14,16-19H2,1H3,(H,31,34)/t22?,23?,26-/m0/s1. The Morgan fingerprint density at radius 2 is 1.72 bits per heavy atom. The number of nitrogens with one attached hydrogen (secondary N) is 1. The molecule has 2 aliphatic heterocycles. The molecule has 3 aliphatic rings. The van der Waals surface area contributed by atoms with Gasteiger partial charge in [-0.15, -0.1) is 0 Å². The largest absolute Gasteiger partial charge is 0.496 e. The number of halogens is 1. The maximum atomic E-state index is 13.2. The van der Waals surface area contributed by atoms with E-state index in [1.165, 1.54) is 5.56 Å². The third-order valence-electron chi connectivity index (χ3n) is 8.22. The molecule has 2 amide bonds. The van der Waals surface area contributed by atoms with Gasteiger partial charge in [0.05, 0.1) is 18.7 Å². The van der Waals surface area contributed by atoms with Crippen molar-refractivity contribution < 1.29 is 14.3 Å². The van der Waals surface area contributed by atoms with E-state index in [-0.39, 0.29) is 23.8 Å². The van der Waals surface area contributed by atoms with Crippen LogP contribution in [-0.2, 0) is 4.79 Å². The first kappa shape index (κ1) is 25.1. The van der Waals surface area contributed by atoms with Crippen LogP contribution in [0.5, 0.6) is 5.75 Å². The Morgan fingerprint density at radius 3 is 2.39 bits per heavy atom. The topological polar surface area (TPSA) is 61.9 Å². The molecule has 192 valence electrons. The normalized spacial score (nSPS) is 23.0. The second-order valence-corrected chi connectivity index (χ2v) is 11.0. The monoisotopic (exact) mass is 509 g/mol. The molecule has 3 fully saturated rings. The van der Waals surface area contributed by atoms with Crippen LogP contribution in [-0.4, -0.2) is 61.4 Å². The van der Waals surface area contributed by atoms with Crippen LogP contribution in [0.15, 0.2) is 48.5 Å². The Kier molecular flexibility index (Phi) is 7.82. The van der Waals surface area contributed by atoms with Crippen LogP contribution >= 0.6 is 11.6 Å². The summed E-state index contributed by atoms with van der Waals surface area (Å²) in [5, 5.41) is 3.93. The van der Waals surface area contributed by atoms with E-state index in [4.69, 9.17) is 16.3 Å². The van der Waals surface area contributed by atoms with E-state index in [1.54, 1.807) is 25.3 Å². The second kappa shape index (κ2) is 11.2. The quantitative estimate of drug-likeness (QED) is 0.555. The predicted octanol–water partition coefficient (Wildman–Crippen LogP) is 4.79. The Morgan fingerprint density at radius 1 is 1.03 bits per heavy atom. The zero-order valence-corrected chi connectivity index (χ0v) is 21.8. The zero-order chi connectivity index (χ0) is 25.1. The molecule has 0 radical (unpaired) electrons. The molecular formula is C29H36ClN3O3. The fourth-order valence-electron chi connectivity index (χ4n) is 6.25. The van der Waals surface area contributed by atoms with E-state index in [1.807, 2.05) is 23.1 Å². The number of benzene rings is 2. The Balaban J connectivity index is 1.16. The molecule has 3 atom stereocenters. The van der Waals surface area contributed by atoms with Crippen LogP contribution in [0.4, 0.5) is 0 Å². The van der Waals surface area contributed by atoms with Crippen molar-refractivity contribution in [3.63, 3.8) is 0 Å². The lowest BCUT2D eigenvalue weighted by atomic mass is 10.0. The van der Waals surface area contributed by atoms with E-state index in [2.05, 4.69) is 22.3 Å². The number of likely N-dealkylation sites (tertiary alicyclic amines) is 2. The number of hydrogen-bond donors (Lipinski definition) is 1. The van der Waals surface area contributed by atoms with Gasteiger partial charge in [0.15, 0.2) is 0 Å². The number of methoxy groups -OCH3 is 1. The number of amides is 2. The third kappa shape index (κ3) is 5.55. The van der Waals surface area contributed by atoms with Gasteiger partial charge in [-0.2, -0.15) is 0 Å². The van der Waals surface area contributed by atoms with Crippen LogP contribution in [0, 0.1) is 17.8 Å². The summed E-state index contributed by atoms with van der Waals surface area (Å²) in [6.07, 6.45) is 5.25. The number of ether oxygens (including phenoxy) is 1. The fraction of sp³-hybridized carbons (Fsp3) is 0.517. The molecule has 2 aromatic carbocycles. The Bertz CT molecular complexity index is 1060. The van der Waals surface area contributed by atoms with E-state index in [0.717, 1.165) is 64.8 Å². The number of carbonyl (C=O) groups excluding carboxylic acids is 2. The lowest BCUT2D eigenvalue weighted by Crippen LogP contribution is -2.36. The van der Waals surface area contributed by atoms with E-state index in [0.29, 0.717) is 28.2 Å². The van der Waals surface area contributed by atoms with Gasteiger partial charge in [0.1, 0.15) is 5.75 Å². The molecule has 0 bridgehead atoms. The van der Waals surface area contributed by atoms with E-state index in [9.17, 15) is 9.59 Å². The van der Waals surface area contributed by atoms with E-state index >= 15 is 0 Å². The summed E-state index contributed by atoms with van der Waals surface area (Å²) < 4.78 is 5.40.